The summed E-state index contributed by atoms with van der Waals surface area (Å²) in [6, 6.07) is 16.3. The molecule has 0 aliphatic heterocycles. The third-order valence-corrected chi connectivity index (χ3v) is 4.46. The fourth-order valence-electron chi connectivity index (χ4n) is 2.43. The third kappa shape index (κ3) is 2.96. The van der Waals surface area contributed by atoms with E-state index in [1.807, 2.05) is 30.3 Å². The first kappa shape index (κ1) is 15.6. The van der Waals surface area contributed by atoms with Gasteiger partial charge >= 0.3 is 0 Å². The Kier molecular flexibility index (Phi) is 4.38. The molecule has 0 saturated heterocycles. The molecule has 0 unspecified atom stereocenters. The van der Waals surface area contributed by atoms with Crippen LogP contribution >= 0.6 is 22.6 Å². The maximum absolute atomic E-state index is 12.6. The summed E-state index contributed by atoms with van der Waals surface area (Å²) < 4.78 is 6.13. The lowest BCUT2D eigenvalue weighted by Crippen LogP contribution is -2.13. The minimum absolute atomic E-state index is 0.0200. The van der Waals surface area contributed by atoms with Crippen LogP contribution in [-0.4, -0.2) is 18.1 Å². The molecular formula is C18H14INO3. The minimum atomic E-state index is -0.379. The Morgan fingerprint density at radius 1 is 1.09 bits per heavy atom. The topological polar surface area (TPSA) is 58.6 Å². The zero-order valence-electron chi connectivity index (χ0n) is 12.3. The van der Waals surface area contributed by atoms with E-state index in [9.17, 15) is 9.90 Å². The number of rotatable bonds is 3. The zero-order chi connectivity index (χ0) is 16.4. The predicted molar refractivity (Wildman–Crippen MR) is 99.3 cm³/mol. The Hall–Kier alpha value is -2.28. The Balaban J connectivity index is 2.03. The molecule has 0 heterocycles. The van der Waals surface area contributed by atoms with Crippen LogP contribution in [0.2, 0.25) is 0 Å². The van der Waals surface area contributed by atoms with E-state index in [1.165, 1.54) is 0 Å². The number of amides is 1. The molecule has 0 aliphatic carbocycles. The molecule has 1 amide bonds. The van der Waals surface area contributed by atoms with E-state index in [2.05, 4.69) is 27.9 Å². The molecule has 0 atom stereocenters. The second-order valence-electron chi connectivity index (χ2n) is 4.95. The first-order valence-corrected chi connectivity index (χ1v) is 8.04. The quantitative estimate of drug-likeness (QED) is 0.619. The van der Waals surface area contributed by atoms with Gasteiger partial charge in [-0.2, -0.15) is 0 Å². The Bertz CT molecular complexity index is 893. The highest BCUT2D eigenvalue weighted by molar-refractivity contribution is 14.1. The first-order chi connectivity index (χ1) is 11.1. The maximum atomic E-state index is 12.6. The van der Waals surface area contributed by atoms with Crippen molar-refractivity contribution in [2.75, 3.05) is 12.4 Å². The normalized spacial score (nSPS) is 10.5. The second-order valence-corrected chi connectivity index (χ2v) is 6.12. The van der Waals surface area contributed by atoms with E-state index >= 15 is 0 Å². The van der Waals surface area contributed by atoms with Gasteiger partial charge in [-0.05, 0) is 46.2 Å². The highest BCUT2D eigenvalue weighted by atomic mass is 127. The molecule has 0 bridgehead atoms. The molecule has 4 nitrogen and oxygen atoms in total. The van der Waals surface area contributed by atoms with Crippen molar-refractivity contribution in [2.24, 2.45) is 0 Å². The van der Waals surface area contributed by atoms with E-state index in [0.717, 1.165) is 8.96 Å². The van der Waals surface area contributed by atoms with Gasteiger partial charge in [0.05, 0.1) is 18.4 Å². The van der Waals surface area contributed by atoms with Crippen LogP contribution in [0.5, 0.6) is 11.5 Å². The summed E-state index contributed by atoms with van der Waals surface area (Å²) in [6.45, 7) is 0. The highest BCUT2D eigenvalue weighted by Gasteiger charge is 2.17. The van der Waals surface area contributed by atoms with Gasteiger partial charge in [-0.1, -0.05) is 36.4 Å². The van der Waals surface area contributed by atoms with Crippen molar-refractivity contribution < 1.29 is 14.6 Å². The summed E-state index contributed by atoms with van der Waals surface area (Å²) in [5, 5.41) is 14.8. The second kappa shape index (κ2) is 6.45. The number of para-hydroxylation sites is 2. The van der Waals surface area contributed by atoms with Crippen molar-refractivity contribution in [3.8, 4) is 11.5 Å². The lowest BCUT2D eigenvalue weighted by Gasteiger charge is -2.12. The van der Waals surface area contributed by atoms with Crippen LogP contribution in [0.15, 0.2) is 54.6 Å². The third-order valence-electron chi connectivity index (χ3n) is 3.57. The van der Waals surface area contributed by atoms with Crippen LogP contribution in [0.4, 0.5) is 5.69 Å². The number of hydrogen-bond acceptors (Lipinski definition) is 3. The van der Waals surface area contributed by atoms with Crippen LogP contribution in [0.3, 0.4) is 0 Å². The van der Waals surface area contributed by atoms with E-state index in [4.69, 9.17) is 4.74 Å². The smallest absolute Gasteiger partial charge is 0.259 e. The number of fused-ring (bicyclic) bond motifs is 1. The molecule has 0 aliphatic rings. The predicted octanol–water partition coefficient (Wildman–Crippen LogP) is 4.41. The monoisotopic (exact) mass is 419 g/mol. The summed E-state index contributed by atoms with van der Waals surface area (Å²) in [6.07, 6.45) is 0. The summed E-state index contributed by atoms with van der Waals surface area (Å²) in [7, 11) is 1.54. The van der Waals surface area contributed by atoms with Crippen LogP contribution in [0, 0.1) is 3.57 Å². The lowest BCUT2D eigenvalue weighted by atomic mass is 10.0. The molecule has 0 aromatic heterocycles. The molecule has 0 saturated carbocycles. The minimum Gasteiger partial charge on any atom is -0.506 e. The van der Waals surface area contributed by atoms with Crippen LogP contribution in [0.1, 0.15) is 10.4 Å². The average Bonchev–Trinajstić information content (AvgIpc) is 2.58. The maximum Gasteiger partial charge on any atom is 0.259 e. The molecular weight excluding hydrogens is 405 g/mol. The fraction of sp³-hybridized carbons (Fsp3) is 0.0556. The van der Waals surface area contributed by atoms with Crippen LogP contribution in [-0.2, 0) is 0 Å². The standard InChI is InChI=1S/C18H14INO3/c1-23-16-9-5-4-8-15(16)20-18(22)13-10-14(19)11-6-2-3-7-12(11)17(13)21/h2-10,21H,1H3,(H,20,22). The van der Waals surface area contributed by atoms with Gasteiger partial charge in [0, 0.05) is 8.96 Å². The molecule has 0 spiro atoms. The number of aromatic hydroxyl groups is 1. The molecule has 0 radical (unpaired) electrons. The van der Waals surface area contributed by atoms with Gasteiger partial charge in [0.15, 0.2) is 0 Å². The van der Waals surface area contributed by atoms with Gasteiger partial charge in [0.25, 0.3) is 5.91 Å². The molecule has 3 aromatic carbocycles. The number of anilines is 1. The number of benzene rings is 3. The Morgan fingerprint density at radius 2 is 1.74 bits per heavy atom. The van der Waals surface area contributed by atoms with Crippen molar-refractivity contribution in [3.63, 3.8) is 0 Å². The molecule has 3 aromatic rings. The van der Waals surface area contributed by atoms with Crippen molar-refractivity contribution in [1.29, 1.82) is 0 Å². The number of methoxy groups -OCH3 is 1. The van der Waals surface area contributed by atoms with Crippen molar-refractivity contribution in [3.05, 3.63) is 63.7 Å². The van der Waals surface area contributed by atoms with E-state index < -0.39 is 0 Å². The van der Waals surface area contributed by atoms with Gasteiger partial charge in [-0.25, -0.2) is 0 Å². The first-order valence-electron chi connectivity index (χ1n) is 6.96. The number of carbonyl (C=O) groups excluding carboxylic acids is 1. The van der Waals surface area contributed by atoms with Crippen molar-refractivity contribution >= 4 is 45.0 Å². The van der Waals surface area contributed by atoms with Crippen molar-refractivity contribution in [1.82, 2.24) is 0 Å². The SMILES string of the molecule is COc1ccccc1NC(=O)c1cc(I)c2ccccc2c1O. The Morgan fingerprint density at radius 3 is 2.48 bits per heavy atom. The van der Waals surface area contributed by atoms with Gasteiger partial charge < -0.3 is 15.2 Å². The average molecular weight is 419 g/mol. The molecule has 0 fully saturated rings. The van der Waals surface area contributed by atoms with Gasteiger partial charge in [-0.15, -0.1) is 0 Å². The fourth-order valence-corrected chi connectivity index (χ4v) is 3.21. The summed E-state index contributed by atoms with van der Waals surface area (Å²) >= 11 is 2.16. The summed E-state index contributed by atoms with van der Waals surface area (Å²) in [4.78, 5) is 12.6. The van der Waals surface area contributed by atoms with Crippen LogP contribution < -0.4 is 10.1 Å². The highest BCUT2D eigenvalue weighted by Crippen LogP contribution is 2.33. The van der Waals surface area contributed by atoms with E-state index in [1.54, 1.807) is 31.4 Å². The number of ether oxygens (including phenoxy) is 1. The summed E-state index contributed by atoms with van der Waals surface area (Å²) in [5.41, 5.74) is 0.793. The van der Waals surface area contributed by atoms with Gasteiger partial charge in [0.1, 0.15) is 11.5 Å². The number of nitrogens with one attached hydrogen (secondary N) is 1. The molecule has 23 heavy (non-hydrogen) atoms. The number of phenols is 1. The van der Waals surface area contributed by atoms with Crippen molar-refractivity contribution in [2.45, 2.75) is 0 Å². The molecule has 2 N–H and O–H groups in total. The Labute approximate surface area is 147 Å². The number of halogens is 1. The largest absolute Gasteiger partial charge is 0.506 e. The molecule has 3 rings (SSSR count). The van der Waals surface area contributed by atoms with Gasteiger partial charge in [-0.3, -0.25) is 4.79 Å². The molecule has 116 valence electrons. The van der Waals surface area contributed by atoms with Crippen LogP contribution in [0.25, 0.3) is 10.8 Å². The zero-order valence-corrected chi connectivity index (χ0v) is 14.5. The lowest BCUT2D eigenvalue weighted by molar-refractivity contribution is 0.102. The van der Waals surface area contributed by atoms with E-state index in [0.29, 0.717) is 16.8 Å². The van der Waals surface area contributed by atoms with E-state index in [-0.39, 0.29) is 17.2 Å². The number of phenolic OH excluding ortho intramolecular Hbond substituents is 1. The summed E-state index contributed by atoms with van der Waals surface area (Å²) in [5.74, 6) is 0.167. The number of carbonyl (C=O) groups is 1. The van der Waals surface area contributed by atoms with Gasteiger partial charge in [0.2, 0.25) is 0 Å². The molecule has 5 heteroatoms. The number of hydrogen-bond donors (Lipinski definition) is 2.